The van der Waals surface area contributed by atoms with Gasteiger partial charge < -0.3 is 10.3 Å². The molecule has 0 aliphatic rings. The van der Waals surface area contributed by atoms with E-state index in [2.05, 4.69) is 30.3 Å². The zero-order valence-corrected chi connectivity index (χ0v) is 13.7. The largest absolute Gasteiger partial charge is 0.369 e. The first-order valence-electron chi connectivity index (χ1n) is 7.02. The molecule has 2 N–H and O–H groups in total. The Morgan fingerprint density at radius 3 is 2.45 bits per heavy atom. The molecule has 1 heterocycles. The summed E-state index contributed by atoms with van der Waals surface area (Å²) >= 11 is 12.1. The van der Waals surface area contributed by atoms with Crippen LogP contribution in [0.5, 0.6) is 0 Å². The molecule has 0 spiro atoms. The standard InChI is InChI=1S/C15H21Cl2N3/c1-9(2)5-4-6-10(3)20-14-8-12(17)11(16)7-13(14)19-15(20)18/h7-10H,4-6H2,1-3H3,(H2,18,19). The van der Waals surface area contributed by atoms with E-state index in [1.807, 2.05) is 6.07 Å². The van der Waals surface area contributed by atoms with Crippen molar-refractivity contribution < 1.29 is 0 Å². The minimum Gasteiger partial charge on any atom is -0.369 e. The van der Waals surface area contributed by atoms with Gasteiger partial charge >= 0.3 is 0 Å². The van der Waals surface area contributed by atoms with Crippen molar-refractivity contribution in [2.45, 2.75) is 46.1 Å². The number of benzene rings is 1. The van der Waals surface area contributed by atoms with Gasteiger partial charge in [0.05, 0.1) is 21.1 Å². The lowest BCUT2D eigenvalue weighted by molar-refractivity contribution is 0.457. The summed E-state index contributed by atoms with van der Waals surface area (Å²) in [6.07, 6.45) is 3.48. The molecule has 0 radical (unpaired) electrons. The van der Waals surface area contributed by atoms with Crippen LogP contribution in [0.15, 0.2) is 12.1 Å². The van der Waals surface area contributed by atoms with E-state index in [4.69, 9.17) is 28.9 Å². The SMILES string of the molecule is CC(C)CCCC(C)n1c(N)nc2cc(Cl)c(Cl)cc21. The van der Waals surface area contributed by atoms with E-state index >= 15 is 0 Å². The zero-order valence-electron chi connectivity index (χ0n) is 12.2. The molecule has 3 nitrogen and oxygen atoms in total. The van der Waals surface area contributed by atoms with E-state index in [0.29, 0.717) is 22.0 Å². The third-order valence-corrected chi connectivity index (χ3v) is 4.33. The normalized spacial score (nSPS) is 13.3. The lowest BCUT2D eigenvalue weighted by Crippen LogP contribution is -2.09. The van der Waals surface area contributed by atoms with Crippen LogP contribution in [0, 0.1) is 5.92 Å². The molecule has 1 atom stereocenters. The first-order valence-corrected chi connectivity index (χ1v) is 7.78. The molecule has 1 aromatic heterocycles. The number of hydrogen-bond acceptors (Lipinski definition) is 2. The van der Waals surface area contributed by atoms with Crippen molar-refractivity contribution >= 4 is 40.2 Å². The summed E-state index contributed by atoms with van der Waals surface area (Å²) in [5.74, 6) is 1.25. The maximum absolute atomic E-state index is 6.11. The van der Waals surface area contributed by atoms with Gasteiger partial charge in [-0.3, -0.25) is 0 Å². The van der Waals surface area contributed by atoms with Crippen molar-refractivity contribution in [3.8, 4) is 0 Å². The molecule has 110 valence electrons. The van der Waals surface area contributed by atoms with Crippen LogP contribution in [0.2, 0.25) is 10.0 Å². The molecule has 0 amide bonds. The number of aromatic nitrogens is 2. The topological polar surface area (TPSA) is 43.8 Å². The van der Waals surface area contributed by atoms with Crippen molar-refractivity contribution in [2.24, 2.45) is 5.92 Å². The van der Waals surface area contributed by atoms with Crippen molar-refractivity contribution in [1.29, 1.82) is 0 Å². The molecule has 20 heavy (non-hydrogen) atoms. The predicted octanol–water partition coefficient (Wildman–Crippen LogP) is 5.31. The monoisotopic (exact) mass is 313 g/mol. The van der Waals surface area contributed by atoms with Gasteiger partial charge in [0.2, 0.25) is 5.95 Å². The van der Waals surface area contributed by atoms with Gasteiger partial charge in [-0.2, -0.15) is 0 Å². The Bertz CT molecular complexity index is 605. The molecule has 0 saturated carbocycles. The molecule has 2 rings (SSSR count). The molecule has 1 unspecified atom stereocenters. The summed E-state index contributed by atoms with van der Waals surface area (Å²) < 4.78 is 2.05. The number of nitrogens with zero attached hydrogens (tertiary/aromatic N) is 2. The van der Waals surface area contributed by atoms with Crippen molar-refractivity contribution in [2.75, 3.05) is 5.73 Å². The second kappa shape index (κ2) is 6.23. The quantitative estimate of drug-likeness (QED) is 0.812. The van der Waals surface area contributed by atoms with E-state index in [1.165, 1.54) is 12.8 Å². The summed E-state index contributed by atoms with van der Waals surface area (Å²) in [5, 5.41) is 1.05. The van der Waals surface area contributed by atoms with Gasteiger partial charge in [-0.15, -0.1) is 0 Å². The lowest BCUT2D eigenvalue weighted by atomic mass is 10.0. The smallest absolute Gasteiger partial charge is 0.201 e. The zero-order chi connectivity index (χ0) is 14.9. The van der Waals surface area contributed by atoms with Crippen LogP contribution in [0.4, 0.5) is 5.95 Å². The van der Waals surface area contributed by atoms with Gasteiger partial charge in [0.25, 0.3) is 0 Å². The number of nitrogen functional groups attached to an aromatic ring is 1. The summed E-state index contributed by atoms with van der Waals surface area (Å²) in [7, 11) is 0. The van der Waals surface area contributed by atoms with E-state index in [-0.39, 0.29) is 0 Å². The first kappa shape index (κ1) is 15.5. The third-order valence-electron chi connectivity index (χ3n) is 3.60. The summed E-state index contributed by atoms with van der Waals surface area (Å²) in [5.41, 5.74) is 7.80. The molecule has 0 bridgehead atoms. The molecule has 1 aromatic carbocycles. The second-order valence-electron chi connectivity index (χ2n) is 5.77. The maximum Gasteiger partial charge on any atom is 0.201 e. The second-order valence-corrected chi connectivity index (χ2v) is 6.58. The highest BCUT2D eigenvalue weighted by molar-refractivity contribution is 6.42. The fourth-order valence-corrected chi connectivity index (χ4v) is 2.84. The Kier molecular flexibility index (Phi) is 4.82. The van der Waals surface area contributed by atoms with E-state index in [1.54, 1.807) is 6.07 Å². The van der Waals surface area contributed by atoms with Gasteiger partial charge in [0.15, 0.2) is 0 Å². The molecule has 0 aliphatic heterocycles. The van der Waals surface area contributed by atoms with Gasteiger partial charge in [0, 0.05) is 6.04 Å². The number of nitrogens with two attached hydrogens (primary N) is 1. The van der Waals surface area contributed by atoms with Crippen LogP contribution in [0.1, 0.15) is 46.1 Å². The van der Waals surface area contributed by atoms with Gasteiger partial charge in [-0.1, -0.05) is 49.9 Å². The third kappa shape index (κ3) is 3.21. The van der Waals surface area contributed by atoms with Gasteiger partial charge in [-0.05, 0) is 31.4 Å². The maximum atomic E-state index is 6.11. The Morgan fingerprint density at radius 1 is 1.15 bits per heavy atom. The van der Waals surface area contributed by atoms with Crippen LogP contribution < -0.4 is 5.73 Å². The molecule has 0 saturated heterocycles. The number of anilines is 1. The summed E-state index contributed by atoms with van der Waals surface area (Å²) in [6, 6.07) is 3.92. The van der Waals surface area contributed by atoms with Crippen LogP contribution in [0.25, 0.3) is 11.0 Å². The Hall–Kier alpha value is -0.930. The van der Waals surface area contributed by atoms with Gasteiger partial charge in [-0.25, -0.2) is 4.98 Å². The fourth-order valence-electron chi connectivity index (χ4n) is 2.52. The number of fused-ring (bicyclic) bond motifs is 1. The first-order chi connectivity index (χ1) is 9.40. The highest BCUT2D eigenvalue weighted by atomic mass is 35.5. The molecule has 2 aromatic rings. The molecular weight excluding hydrogens is 293 g/mol. The molecule has 5 heteroatoms. The van der Waals surface area contributed by atoms with Crippen molar-refractivity contribution in [1.82, 2.24) is 9.55 Å². The molecular formula is C15H21Cl2N3. The Morgan fingerprint density at radius 2 is 1.80 bits per heavy atom. The average molecular weight is 314 g/mol. The minimum atomic E-state index is 0.302. The minimum absolute atomic E-state index is 0.302. The van der Waals surface area contributed by atoms with E-state index in [9.17, 15) is 0 Å². The lowest BCUT2D eigenvalue weighted by Gasteiger charge is -2.16. The summed E-state index contributed by atoms with van der Waals surface area (Å²) in [4.78, 5) is 4.38. The molecule has 0 fully saturated rings. The number of hydrogen-bond donors (Lipinski definition) is 1. The van der Waals surface area contributed by atoms with E-state index in [0.717, 1.165) is 23.4 Å². The average Bonchev–Trinajstić information content (AvgIpc) is 2.64. The Balaban J connectivity index is 2.28. The summed E-state index contributed by atoms with van der Waals surface area (Å²) in [6.45, 7) is 6.65. The fraction of sp³-hybridized carbons (Fsp3) is 0.533. The van der Waals surface area contributed by atoms with Crippen LogP contribution in [-0.4, -0.2) is 9.55 Å². The number of halogens is 2. The number of rotatable bonds is 5. The Labute approximate surface area is 130 Å². The predicted molar refractivity (Wildman–Crippen MR) is 87.6 cm³/mol. The van der Waals surface area contributed by atoms with Crippen molar-refractivity contribution in [3.63, 3.8) is 0 Å². The highest BCUT2D eigenvalue weighted by Gasteiger charge is 2.15. The van der Waals surface area contributed by atoms with Crippen molar-refractivity contribution in [3.05, 3.63) is 22.2 Å². The molecule has 0 aliphatic carbocycles. The van der Waals surface area contributed by atoms with Gasteiger partial charge in [0.1, 0.15) is 0 Å². The highest BCUT2D eigenvalue weighted by Crippen LogP contribution is 2.32. The van der Waals surface area contributed by atoms with E-state index < -0.39 is 0 Å². The van der Waals surface area contributed by atoms with Crippen LogP contribution >= 0.6 is 23.2 Å². The van der Waals surface area contributed by atoms with Crippen LogP contribution in [0.3, 0.4) is 0 Å². The number of imidazole rings is 1. The van der Waals surface area contributed by atoms with Crippen LogP contribution in [-0.2, 0) is 0 Å².